The van der Waals surface area contributed by atoms with Gasteiger partial charge < -0.3 is 15.3 Å². The van der Waals surface area contributed by atoms with Gasteiger partial charge in [0.1, 0.15) is 0 Å². The number of guanidine groups is 1. The largest absolute Gasteiger partial charge is 0.388 e. The fourth-order valence-electron chi connectivity index (χ4n) is 3.09. The van der Waals surface area contributed by atoms with Gasteiger partial charge in [-0.15, -0.1) is 0 Å². The normalized spacial score (nSPS) is 20.5. The average Bonchev–Trinajstić information content (AvgIpc) is 2.98. The van der Waals surface area contributed by atoms with E-state index < -0.39 is 5.60 Å². The third-order valence-corrected chi connectivity index (χ3v) is 4.93. The summed E-state index contributed by atoms with van der Waals surface area (Å²) in [4.78, 5) is 9.45. The summed E-state index contributed by atoms with van der Waals surface area (Å²) < 4.78 is 0. The van der Waals surface area contributed by atoms with Gasteiger partial charge >= 0.3 is 0 Å². The molecule has 1 rings (SSSR count). The number of aliphatic imine (C=N–C) groups is 1. The quantitative estimate of drug-likeness (QED) is 0.531. The zero-order chi connectivity index (χ0) is 16.6. The molecule has 5 heteroatoms. The molecule has 0 aliphatic carbocycles. The molecular formula is C17H36N4O. The summed E-state index contributed by atoms with van der Waals surface area (Å²) in [5.74, 6) is 0.908. The van der Waals surface area contributed by atoms with Crippen molar-refractivity contribution in [3.8, 4) is 0 Å². The summed E-state index contributed by atoms with van der Waals surface area (Å²) in [5.41, 5.74) is -0.676. The van der Waals surface area contributed by atoms with E-state index in [0.29, 0.717) is 12.6 Å². The fourth-order valence-corrected chi connectivity index (χ4v) is 3.09. The van der Waals surface area contributed by atoms with Gasteiger partial charge in [-0.2, -0.15) is 0 Å². The van der Waals surface area contributed by atoms with Crippen molar-refractivity contribution in [2.75, 3.05) is 39.8 Å². The van der Waals surface area contributed by atoms with E-state index in [1.807, 2.05) is 13.8 Å². The highest BCUT2D eigenvalue weighted by Gasteiger charge is 2.26. The van der Waals surface area contributed by atoms with Crippen LogP contribution in [0.25, 0.3) is 0 Å². The van der Waals surface area contributed by atoms with E-state index >= 15 is 0 Å². The molecule has 0 saturated carbocycles. The third-order valence-electron chi connectivity index (χ3n) is 4.93. The number of rotatable bonds is 8. The average molecular weight is 313 g/mol. The predicted octanol–water partition coefficient (Wildman–Crippen LogP) is 1.92. The highest BCUT2D eigenvalue weighted by Crippen LogP contribution is 2.18. The number of hydrogen-bond acceptors (Lipinski definition) is 3. The SMILES string of the molecule is CCNC(=NCC(O)(CC)CC)N(C)CC1CCCN1CC. The molecule has 1 aliphatic heterocycles. The lowest BCUT2D eigenvalue weighted by Gasteiger charge is -2.30. The summed E-state index contributed by atoms with van der Waals surface area (Å²) in [6.07, 6.45) is 4.04. The van der Waals surface area contributed by atoms with Crippen molar-refractivity contribution in [3.63, 3.8) is 0 Å². The van der Waals surface area contributed by atoms with E-state index in [9.17, 15) is 5.11 Å². The van der Waals surface area contributed by atoms with Gasteiger partial charge in [-0.3, -0.25) is 9.89 Å². The molecule has 1 aliphatic rings. The predicted molar refractivity (Wildman–Crippen MR) is 94.4 cm³/mol. The molecule has 0 bridgehead atoms. The molecule has 0 spiro atoms. The second kappa shape index (κ2) is 9.36. The summed E-state index contributed by atoms with van der Waals surface area (Å²) in [5, 5.41) is 13.8. The Morgan fingerprint density at radius 3 is 2.55 bits per heavy atom. The molecule has 1 fully saturated rings. The first-order chi connectivity index (χ1) is 10.5. The number of likely N-dealkylation sites (N-methyl/N-ethyl adjacent to an activating group) is 2. The first-order valence-corrected chi connectivity index (χ1v) is 8.95. The Morgan fingerprint density at radius 2 is 2.00 bits per heavy atom. The number of aliphatic hydroxyl groups is 1. The molecule has 0 aromatic heterocycles. The van der Waals surface area contributed by atoms with E-state index in [1.165, 1.54) is 19.4 Å². The lowest BCUT2D eigenvalue weighted by atomic mass is 9.98. The lowest BCUT2D eigenvalue weighted by molar-refractivity contribution is 0.0415. The lowest BCUT2D eigenvalue weighted by Crippen LogP contribution is -2.46. The molecular weight excluding hydrogens is 276 g/mol. The number of likely N-dealkylation sites (tertiary alicyclic amines) is 1. The Morgan fingerprint density at radius 1 is 1.32 bits per heavy atom. The first-order valence-electron chi connectivity index (χ1n) is 8.95. The second-order valence-corrected chi connectivity index (χ2v) is 6.41. The standard InChI is InChI=1S/C17H36N4O/c1-6-17(22,7-2)14-19-16(18-8-3)20(5)13-15-11-10-12-21(15)9-4/h15,22H,6-14H2,1-5H3,(H,18,19). The van der Waals surface area contributed by atoms with Crippen LogP contribution in [0.2, 0.25) is 0 Å². The molecule has 130 valence electrons. The van der Waals surface area contributed by atoms with Crippen molar-refractivity contribution in [3.05, 3.63) is 0 Å². The van der Waals surface area contributed by atoms with E-state index in [2.05, 4.69) is 41.0 Å². The molecule has 0 aromatic carbocycles. The molecule has 1 saturated heterocycles. The van der Waals surface area contributed by atoms with Crippen LogP contribution in [0, 0.1) is 0 Å². The van der Waals surface area contributed by atoms with Gasteiger partial charge in [0.05, 0.1) is 12.1 Å². The molecule has 0 aromatic rings. The van der Waals surface area contributed by atoms with Crippen LogP contribution >= 0.6 is 0 Å². The molecule has 1 heterocycles. The topological polar surface area (TPSA) is 51.1 Å². The van der Waals surface area contributed by atoms with Crippen LogP contribution in [-0.2, 0) is 0 Å². The summed E-state index contributed by atoms with van der Waals surface area (Å²) >= 11 is 0. The fraction of sp³-hybridized carbons (Fsp3) is 0.941. The number of hydrogen-bond donors (Lipinski definition) is 2. The first kappa shape index (κ1) is 19.2. The van der Waals surface area contributed by atoms with Crippen molar-refractivity contribution in [2.45, 2.75) is 65.0 Å². The summed E-state index contributed by atoms with van der Waals surface area (Å²) in [6, 6.07) is 0.620. The Bertz CT molecular complexity index is 342. The van der Waals surface area contributed by atoms with Gasteiger partial charge in [0, 0.05) is 26.2 Å². The van der Waals surface area contributed by atoms with Crippen LogP contribution in [0.5, 0.6) is 0 Å². The second-order valence-electron chi connectivity index (χ2n) is 6.41. The van der Waals surface area contributed by atoms with Crippen molar-refractivity contribution >= 4 is 5.96 Å². The Balaban J connectivity index is 2.68. The highest BCUT2D eigenvalue weighted by molar-refractivity contribution is 5.79. The third kappa shape index (κ3) is 5.43. The van der Waals surface area contributed by atoms with Gasteiger partial charge in [0.2, 0.25) is 0 Å². The minimum atomic E-state index is -0.676. The van der Waals surface area contributed by atoms with E-state index in [-0.39, 0.29) is 0 Å². The van der Waals surface area contributed by atoms with Crippen molar-refractivity contribution < 1.29 is 5.11 Å². The van der Waals surface area contributed by atoms with Crippen LogP contribution in [0.15, 0.2) is 4.99 Å². The Hall–Kier alpha value is -0.810. The van der Waals surface area contributed by atoms with E-state index in [4.69, 9.17) is 0 Å². The zero-order valence-electron chi connectivity index (χ0n) is 15.2. The van der Waals surface area contributed by atoms with Gasteiger partial charge in [-0.05, 0) is 45.7 Å². The maximum atomic E-state index is 10.4. The van der Waals surface area contributed by atoms with Gasteiger partial charge in [0.15, 0.2) is 5.96 Å². The maximum Gasteiger partial charge on any atom is 0.193 e. The van der Waals surface area contributed by atoms with Crippen LogP contribution in [0.3, 0.4) is 0 Å². The van der Waals surface area contributed by atoms with Crippen molar-refractivity contribution in [2.24, 2.45) is 4.99 Å². The maximum absolute atomic E-state index is 10.4. The monoisotopic (exact) mass is 312 g/mol. The summed E-state index contributed by atoms with van der Waals surface area (Å²) in [7, 11) is 2.10. The molecule has 1 unspecified atom stereocenters. The Labute approximate surface area is 136 Å². The van der Waals surface area contributed by atoms with Crippen LogP contribution in [0.4, 0.5) is 0 Å². The van der Waals surface area contributed by atoms with Gasteiger partial charge in [0.25, 0.3) is 0 Å². The van der Waals surface area contributed by atoms with Crippen LogP contribution in [0.1, 0.15) is 53.4 Å². The minimum Gasteiger partial charge on any atom is -0.388 e. The number of nitrogens with zero attached hydrogens (tertiary/aromatic N) is 3. The summed E-state index contributed by atoms with van der Waals surface area (Å²) in [6.45, 7) is 13.0. The van der Waals surface area contributed by atoms with Crippen molar-refractivity contribution in [1.82, 2.24) is 15.1 Å². The van der Waals surface area contributed by atoms with Crippen molar-refractivity contribution in [1.29, 1.82) is 0 Å². The zero-order valence-corrected chi connectivity index (χ0v) is 15.2. The molecule has 2 N–H and O–H groups in total. The minimum absolute atomic E-state index is 0.467. The molecule has 0 radical (unpaired) electrons. The molecule has 22 heavy (non-hydrogen) atoms. The van der Waals surface area contributed by atoms with Crippen LogP contribution in [-0.4, -0.2) is 72.3 Å². The van der Waals surface area contributed by atoms with Gasteiger partial charge in [-0.1, -0.05) is 20.8 Å². The smallest absolute Gasteiger partial charge is 0.193 e. The van der Waals surface area contributed by atoms with Crippen LogP contribution < -0.4 is 5.32 Å². The van der Waals surface area contributed by atoms with E-state index in [0.717, 1.165) is 38.4 Å². The number of nitrogens with one attached hydrogen (secondary N) is 1. The Kier molecular flexibility index (Phi) is 8.18. The highest BCUT2D eigenvalue weighted by atomic mass is 16.3. The molecule has 5 nitrogen and oxygen atoms in total. The molecule has 1 atom stereocenters. The molecule has 0 amide bonds. The van der Waals surface area contributed by atoms with Gasteiger partial charge in [-0.25, -0.2) is 0 Å². The van der Waals surface area contributed by atoms with E-state index in [1.54, 1.807) is 0 Å².